The number of halogens is 1. The topological polar surface area (TPSA) is 37.6 Å². The summed E-state index contributed by atoms with van der Waals surface area (Å²) < 4.78 is 17.4. The molecular formula is C22H32FN3O. The van der Waals surface area contributed by atoms with Crippen LogP contribution in [0, 0.1) is 5.92 Å². The Morgan fingerprint density at radius 1 is 1.26 bits per heavy atom. The van der Waals surface area contributed by atoms with Crippen LogP contribution >= 0.6 is 0 Å². The lowest BCUT2D eigenvalue weighted by molar-refractivity contribution is 0.0773. The van der Waals surface area contributed by atoms with Crippen molar-refractivity contribution in [2.45, 2.75) is 71.9 Å². The predicted molar refractivity (Wildman–Crippen MR) is 107 cm³/mol. The number of carbonyl (C=O) groups is 1. The van der Waals surface area contributed by atoms with Gasteiger partial charge in [0.2, 0.25) is 0 Å². The van der Waals surface area contributed by atoms with Crippen molar-refractivity contribution in [2.24, 2.45) is 5.92 Å². The average molecular weight is 374 g/mol. The molecule has 2 aromatic rings. The van der Waals surface area contributed by atoms with Gasteiger partial charge < -0.3 is 9.30 Å². The Bertz CT molecular complexity index is 788. The third-order valence-corrected chi connectivity index (χ3v) is 5.86. The maximum Gasteiger partial charge on any atom is 0.254 e. The molecule has 2 aromatic heterocycles. The van der Waals surface area contributed by atoms with Gasteiger partial charge >= 0.3 is 0 Å². The van der Waals surface area contributed by atoms with E-state index in [4.69, 9.17) is 4.98 Å². The second-order valence-electron chi connectivity index (χ2n) is 7.96. The van der Waals surface area contributed by atoms with Gasteiger partial charge in [0.05, 0.1) is 11.4 Å². The van der Waals surface area contributed by atoms with Crippen LogP contribution in [0.4, 0.5) is 4.39 Å². The van der Waals surface area contributed by atoms with Crippen molar-refractivity contribution in [2.75, 3.05) is 13.1 Å². The van der Waals surface area contributed by atoms with E-state index in [0.717, 1.165) is 31.4 Å². The lowest BCUT2D eigenvalue weighted by Crippen LogP contribution is -2.30. The fraction of sp³-hybridized carbons (Fsp3) is 0.636. The summed E-state index contributed by atoms with van der Waals surface area (Å²) in [6.45, 7) is 9.41. The molecule has 1 fully saturated rings. The lowest BCUT2D eigenvalue weighted by atomic mass is 9.84. The van der Waals surface area contributed by atoms with Crippen LogP contribution in [0.1, 0.15) is 93.6 Å². The molecule has 148 valence electrons. The van der Waals surface area contributed by atoms with Gasteiger partial charge in [-0.3, -0.25) is 4.79 Å². The number of hydrogen-bond donors (Lipinski definition) is 0. The number of amides is 1. The number of hydrogen-bond acceptors (Lipinski definition) is 2. The molecule has 1 aliphatic carbocycles. The first-order chi connectivity index (χ1) is 13.0. The number of fused-ring (bicyclic) bond motifs is 1. The number of rotatable bonds is 6. The zero-order valence-electron chi connectivity index (χ0n) is 17.0. The van der Waals surface area contributed by atoms with Crippen molar-refractivity contribution >= 4 is 11.6 Å². The van der Waals surface area contributed by atoms with E-state index in [2.05, 4.69) is 13.8 Å². The van der Waals surface area contributed by atoms with Crippen molar-refractivity contribution < 1.29 is 9.18 Å². The van der Waals surface area contributed by atoms with Gasteiger partial charge in [0.1, 0.15) is 11.8 Å². The molecule has 1 atom stereocenters. The Kier molecular flexibility index (Phi) is 6.18. The summed E-state index contributed by atoms with van der Waals surface area (Å²) in [5.41, 5.74) is 2.80. The van der Waals surface area contributed by atoms with Gasteiger partial charge in [-0.15, -0.1) is 0 Å². The molecule has 0 radical (unpaired) electrons. The first-order valence-corrected chi connectivity index (χ1v) is 10.4. The highest BCUT2D eigenvalue weighted by molar-refractivity contribution is 5.95. The minimum absolute atomic E-state index is 0.00206. The lowest BCUT2D eigenvalue weighted by Gasteiger charge is -2.26. The van der Waals surface area contributed by atoms with Gasteiger partial charge in [0.15, 0.2) is 0 Å². The quantitative estimate of drug-likeness (QED) is 0.667. The molecule has 0 saturated heterocycles. The third kappa shape index (κ3) is 3.87. The largest absolute Gasteiger partial charge is 0.339 e. The van der Waals surface area contributed by atoms with E-state index >= 15 is 4.39 Å². The van der Waals surface area contributed by atoms with Crippen molar-refractivity contribution in [1.29, 1.82) is 0 Å². The first kappa shape index (κ1) is 19.8. The van der Waals surface area contributed by atoms with Gasteiger partial charge in [-0.25, -0.2) is 9.37 Å². The van der Waals surface area contributed by atoms with Crippen LogP contribution in [0.2, 0.25) is 0 Å². The highest BCUT2D eigenvalue weighted by atomic mass is 19.1. The van der Waals surface area contributed by atoms with Crippen molar-refractivity contribution in [3.63, 3.8) is 0 Å². The number of carbonyl (C=O) groups excluding carboxylic acids is 1. The monoisotopic (exact) mass is 373 g/mol. The smallest absolute Gasteiger partial charge is 0.254 e. The zero-order chi connectivity index (χ0) is 19.6. The SMILES string of the molecule is CCN(CC)C(=O)c1ccn2c(C(F)C3CCCCC3)c(C(C)C)nc2c1. The minimum Gasteiger partial charge on any atom is -0.339 e. The van der Waals surface area contributed by atoms with E-state index < -0.39 is 6.17 Å². The zero-order valence-corrected chi connectivity index (χ0v) is 17.0. The van der Waals surface area contributed by atoms with E-state index in [1.165, 1.54) is 6.42 Å². The summed E-state index contributed by atoms with van der Waals surface area (Å²) in [4.78, 5) is 19.2. The van der Waals surface area contributed by atoms with E-state index in [0.29, 0.717) is 30.0 Å². The number of nitrogens with zero attached hydrogens (tertiary/aromatic N) is 3. The Morgan fingerprint density at radius 3 is 2.52 bits per heavy atom. The van der Waals surface area contributed by atoms with Crippen molar-refractivity contribution in [3.8, 4) is 0 Å². The summed E-state index contributed by atoms with van der Waals surface area (Å²) in [5.74, 6) is 0.221. The Hall–Kier alpha value is -1.91. The summed E-state index contributed by atoms with van der Waals surface area (Å²) >= 11 is 0. The molecule has 0 aromatic carbocycles. The summed E-state index contributed by atoms with van der Waals surface area (Å²) in [5, 5.41) is 0. The summed E-state index contributed by atoms with van der Waals surface area (Å²) in [7, 11) is 0. The Labute approximate surface area is 161 Å². The molecule has 0 bridgehead atoms. The van der Waals surface area contributed by atoms with Gasteiger partial charge in [0, 0.05) is 24.8 Å². The van der Waals surface area contributed by atoms with Gasteiger partial charge in [-0.2, -0.15) is 0 Å². The molecule has 2 heterocycles. The van der Waals surface area contributed by atoms with Crippen LogP contribution in [-0.4, -0.2) is 33.3 Å². The molecule has 0 N–H and O–H groups in total. The number of pyridine rings is 1. The summed E-state index contributed by atoms with van der Waals surface area (Å²) in [6.07, 6.45) is 6.17. The second kappa shape index (κ2) is 8.41. The van der Waals surface area contributed by atoms with Crippen LogP contribution in [0.25, 0.3) is 5.65 Å². The van der Waals surface area contributed by atoms with Crippen LogP contribution < -0.4 is 0 Å². The molecule has 27 heavy (non-hydrogen) atoms. The maximum absolute atomic E-state index is 15.6. The van der Waals surface area contributed by atoms with Crippen LogP contribution in [0.15, 0.2) is 18.3 Å². The van der Waals surface area contributed by atoms with Crippen LogP contribution in [0.3, 0.4) is 0 Å². The highest BCUT2D eigenvalue weighted by Crippen LogP contribution is 2.40. The van der Waals surface area contributed by atoms with E-state index in [9.17, 15) is 4.79 Å². The van der Waals surface area contributed by atoms with Gasteiger partial charge in [0.25, 0.3) is 5.91 Å². The number of alkyl halides is 1. The standard InChI is InChI=1S/C22H32FN3O/c1-5-25(6-2)22(27)17-12-13-26-18(14-17)24-20(15(3)4)21(26)19(23)16-10-8-7-9-11-16/h12-16,19H,5-11H2,1-4H3. The van der Waals surface area contributed by atoms with Gasteiger partial charge in [-0.05, 0) is 50.7 Å². The predicted octanol–water partition coefficient (Wildman–Crippen LogP) is 5.53. The summed E-state index contributed by atoms with van der Waals surface area (Å²) in [6, 6.07) is 3.61. The number of aromatic nitrogens is 2. The average Bonchev–Trinajstić information content (AvgIpc) is 3.08. The Morgan fingerprint density at radius 2 is 1.93 bits per heavy atom. The fourth-order valence-electron chi connectivity index (χ4n) is 4.26. The third-order valence-electron chi connectivity index (χ3n) is 5.86. The molecule has 3 rings (SSSR count). The first-order valence-electron chi connectivity index (χ1n) is 10.4. The normalized spacial score (nSPS) is 16.8. The van der Waals surface area contributed by atoms with Crippen LogP contribution in [0.5, 0.6) is 0 Å². The Balaban J connectivity index is 2.02. The fourth-order valence-corrected chi connectivity index (χ4v) is 4.26. The molecule has 0 spiro atoms. The molecule has 1 amide bonds. The van der Waals surface area contributed by atoms with Crippen molar-refractivity contribution in [3.05, 3.63) is 35.3 Å². The molecule has 4 nitrogen and oxygen atoms in total. The molecule has 1 saturated carbocycles. The van der Waals surface area contributed by atoms with Gasteiger partial charge in [-0.1, -0.05) is 33.1 Å². The van der Waals surface area contributed by atoms with E-state index in [1.54, 1.807) is 11.0 Å². The molecule has 5 heteroatoms. The van der Waals surface area contributed by atoms with E-state index in [1.807, 2.05) is 30.5 Å². The molecular weight excluding hydrogens is 341 g/mol. The highest BCUT2D eigenvalue weighted by Gasteiger charge is 2.31. The molecule has 1 aliphatic rings. The minimum atomic E-state index is -0.998. The second-order valence-corrected chi connectivity index (χ2v) is 7.96. The maximum atomic E-state index is 15.6. The van der Waals surface area contributed by atoms with Crippen LogP contribution in [-0.2, 0) is 0 Å². The molecule has 1 unspecified atom stereocenters. The number of imidazole rings is 1. The molecule has 0 aliphatic heterocycles. The van der Waals surface area contributed by atoms with Crippen molar-refractivity contribution in [1.82, 2.24) is 14.3 Å². The van der Waals surface area contributed by atoms with E-state index in [-0.39, 0.29) is 17.7 Å².